The summed E-state index contributed by atoms with van der Waals surface area (Å²) in [4.78, 5) is 0.473. The molecule has 6 heteroatoms. The van der Waals surface area contributed by atoms with Crippen molar-refractivity contribution in [2.75, 3.05) is 20.1 Å². The number of hydrogen-bond acceptors (Lipinski definition) is 3. The number of nitrogens with zero attached hydrogens (tertiary/aromatic N) is 1. The smallest absolute Gasteiger partial charge is 0.243 e. The topological polar surface area (TPSA) is 49.4 Å². The van der Waals surface area contributed by atoms with Gasteiger partial charge in [0.15, 0.2) is 0 Å². The van der Waals surface area contributed by atoms with Gasteiger partial charge in [0, 0.05) is 19.1 Å². The number of aryl methyl sites for hydroxylation is 2. The van der Waals surface area contributed by atoms with Gasteiger partial charge in [-0.25, -0.2) is 8.42 Å². The SMILES string of the molecule is CNCC1CCCN1S(=O)(=O)c1ccc2c(c1)CCC2.Cl. The molecule has 1 atom stereocenters. The molecule has 4 nitrogen and oxygen atoms in total. The summed E-state index contributed by atoms with van der Waals surface area (Å²) in [6, 6.07) is 5.78. The van der Waals surface area contributed by atoms with Crippen molar-refractivity contribution in [1.29, 1.82) is 0 Å². The molecule has 0 amide bonds. The standard InChI is InChI=1S/C15H22N2O2S.ClH/c1-16-11-14-6-3-9-17(14)20(18,19)15-8-7-12-4-2-5-13(12)10-15;/h7-8,10,14,16H,2-6,9,11H2,1H3;1H. The molecule has 1 aliphatic heterocycles. The van der Waals surface area contributed by atoms with Crippen molar-refractivity contribution in [3.8, 4) is 0 Å². The van der Waals surface area contributed by atoms with Gasteiger partial charge in [0.2, 0.25) is 10.0 Å². The van der Waals surface area contributed by atoms with Gasteiger partial charge >= 0.3 is 0 Å². The Morgan fingerprint density at radius 2 is 2.00 bits per heavy atom. The number of halogens is 1. The first kappa shape index (κ1) is 16.7. The summed E-state index contributed by atoms with van der Waals surface area (Å²) in [6.45, 7) is 1.37. The van der Waals surface area contributed by atoms with Crippen LogP contribution in [0.3, 0.4) is 0 Å². The Labute approximate surface area is 133 Å². The van der Waals surface area contributed by atoms with Crippen LogP contribution in [-0.4, -0.2) is 38.9 Å². The number of nitrogens with one attached hydrogen (secondary N) is 1. The van der Waals surface area contributed by atoms with Gasteiger partial charge in [-0.1, -0.05) is 6.07 Å². The van der Waals surface area contributed by atoms with Crippen LogP contribution in [-0.2, 0) is 22.9 Å². The van der Waals surface area contributed by atoms with Crippen LogP contribution in [0.4, 0.5) is 0 Å². The minimum absolute atomic E-state index is 0. The number of hydrogen-bond donors (Lipinski definition) is 1. The maximum atomic E-state index is 12.8. The van der Waals surface area contributed by atoms with Gasteiger partial charge in [-0.3, -0.25) is 0 Å². The van der Waals surface area contributed by atoms with E-state index in [1.807, 2.05) is 19.2 Å². The zero-order valence-electron chi connectivity index (χ0n) is 12.3. The summed E-state index contributed by atoms with van der Waals surface area (Å²) >= 11 is 0. The van der Waals surface area contributed by atoms with E-state index in [1.165, 1.54) is 11.1 Å². The molecule has 0 saturated carbocycles. The third-order valence-corrected chi connectivity index (χ3v) is 6.39. The maximum Gasteiger partial charge on any atom is 0.243 e. The zero-order chi connectivity index (χ0) is 14.2. The summed E-state index contributed by atoms with van der Waals surface area (Å²) in [5.41, 5.74) is 2.53. The van der Waals surface area contributed by atoms with Gasteiger partial charge in [0.05, 0.1) is 4.90 Å². The first-order chi connectivity index (χ1) is 9.63. The fourth-order valence-electron chi connectivity index (χ4n) is 3.41. The first-order valence-electron chi connectivity index (χ1n) is 7.41. The van der Waals surface area contributed by atoms with E-state index in [2.05, 4.69) is 5.32 Å². The van der Waals surface area contributed by atoms with E-state index in [4.69, 9.17) is 0 Å². The first-order valence-corrected chi connectivity index (χ1v) is 8.85. The van der Waals surface area contributed by atoms with Crippen molar-refractivity contribution in [3.05, 3.63) is 29.3 Å². The van der Waals surface area contributed by atoms with Crippen LogP contribution in [0.2, 0.25) is 0 Å². The summed E-state index contributed by atoms with van der Waals surface area (Å²) in [5.74, 6) is 0. The Morgan fingerprint density at radius 3 is 2.76 bits per heavy atom. The normalized spacial score (nSPS) is 22.0. The van der Waals surface area contributed by atoms with Gasteiger partial charge in [-0.15, -0.1) is 12.4 Å². The van der Waals surface area contributed by atoms with Gasteiger partial charge < -0.3 is 5.32 Å². The Morgan fingerprint density at radius 1 is 1.24 bits per heavy atom. The number of benzene rings is 1. The maximum absolute atomic E-state index is 12.8. The summed E-state index contributed by atoms with van der Waals surface area (Å²) < 4.78 is 27.3. The number of likely N-dealkylation sites (N-methyl/N-ethyl adjacent to an activating group) is 1. The minimum Gasteiger partial charge on any atom is -0.318 e. The Hall–Kier alpha value is -0.620. The number of fused-ring (bicyclic) bond motifs is 1. The van der Waals surface area contributed by atoms with Crippen LogP contribution in [0, 0.1) is 0 Å². The van der Waals surface area contributed by atoms with E-state index in [9.17, 15) is 8.42 Å². The average Bonchev–Trinajstić information content (AvgIpc) is 3.06. The van der Waals surface area contributed by atoms with E-state index in [1.54, 1.807) is 10.4 Å². The highest BCUT2D eigenvalue weighted by atomic mass is 35.5. The molecule has 0 radical (unpaired) electrons. The van der Waals surface area contributed by atoms with Crippen LogP contribution >= 0.6 is 12.4 Å². The number of sulfonamides is 1. The van der Waals surface area contributed by atoms with E-state index in [-0.39, 0.29) is 18.4 Å². The highest BCUT2D eigenvalue weighted by Gasteiger charge is 2.35. The predicted molar refractivity (Wildman–Crippen MR) is 86.6 cm³/mol. The second kappa shape index (κ2) is 6.65. The monoisotopic (exact) mass is 330 g/mol. The van der Waals surface area contributed by atoms with Crippen molar-refractivity contribution in [1.82, 2.24) is 9.62 Å². The van der Waals surface area contributed by atoms with Crippen molar-refractivity contribution in [2.45, 2.75) is 43.0 Å². The molecule has 21 heavy (non-hydrogen) atoms. The highest BCUT2D eigenvalue weighted by molar-refractivity contribution is 7.89. The average molecular weight is 331 g/mol. The largest absolute Gasteiger partial charge is 0.318 e. The van der Waals surface area contributed by atoms with Crippen LogP contribution in [0.25, 0.3) is 0 Å². The van der Waals surface area contributed by atoms with Crippen molar-refractivity contribution in [3.63, 3.8) is 0 Å². The molecule has 1 fully saturated rings. The molecule has 1 aromatic rings. The second-order valence-electron chi connectivity index (χ2n) is 5.75. The van der Waals surface area contributed by atoms with Gasteiger partial charge in [0.25, 0.3) is 0 Å². The van der Waals surface area contributed by atoms with E-state index in [0.717, 1.165) is 38.6 Å². The molecular formula is C15H23ClN2O2S. The summed E-state index contributed by atoms with van der Waals surface area (Å²) in [7, 11) is -1.46. The lowest BCUT2D eigenvalue weighted by Crippen LogP contribution is -2.40. The Bertz CT molecular complexity index is 604. The summed E-state index contributed by atoms with van der Waals surface area (Å²) in [5, 5.41) is 3.10. The lowest BCUT2D eigenvalue weighted by atomic mass is 10.1. The molecule has 2 aliphatic rings. The molecular weight excluding hydrogens is 308 g/mol. The van der Waals surface area contributed by atoms with Gasteiger partial charge in [0.1, 0.15) is 0 Å². The Kier molecular flexibility index (Phi) is 5.30. The van der Waals surface area contributed by atoms with Crippen molar-refractivity contribution < 1.29 is 8.42 Å². The third-order valence-electron chi connectivity index (χ3n) is 4.44. The van der Waals surface area contributed by atoms with Crippen LogP contribution in [0.1, 0.15) is 30.4 Å². The quantitative estimate of drug-likeness (QED) is 0.918. The van der Waals surface area contributed by atoms with Crippen molar-refractivity contribution in [2.24, 2.45) is 0 Å². The fourth-order valence-corrected chi connectivity index (χ4v) is 5.15. The lowest BCUT2D eigenvalue weighted by Gasteiger charge is -2.24. The molecule has 118 valence electrons. The molecule has 0 bridgehead atoms. The molecule has 1 unspecified atom stereocenters. The predicted octanol–water partition coefficient (Wildman–Crippen LogP) is 1.97. The number of rotatable bonds is 4. The van der Waals surface area contributed by atoms with E-state index >= 15 is 0 Å². The minimum atomic E-state index is -3.34. The summed E-state index contributed by atoms with van der Waals surface area (Å²) in [6.07, 6.45) is 5.15. The van der Waals surface area contributed by atoms with Crippen LogP contribution in [0.5, 0.6) is 0 Å². The van der Waals surface area contributed by atoms with E-state index in [0.29, 0.717) is 11.4 Å². The molecule has 3 rings (SSSR count). The molecule has 0 spiro atoms. The van der Waals surface area contributed by atoms with Crippen LogP contribution in [0.15, 0.2) is 23.1 Å². The second-order valence-corrected chi connectivity index (χ2v) is 7.64. The van der Waals surface area contributed by atoms with Gasteiger partial charge in [-0.2, -0.15) is 4.31 Å². The molecule has 1 heterocycles. The molecule has 1 aliphatic carbocycles. The van der Waals surface area contributed by atoms with E-state index < -0.39 is 10.0 Å². The fraction of sp³-hybridized carbons (Fsp3) is 0.600. The lowest BCUT2D eigenvalue weighted by molar-refractivity contribution is 0.379. The molecule has 0 aromatic heterocycles. The third kappa shape index (κ3) is 3.11. The Balaban J connectivity index is 0.00000161. The molecule has 1 N–H and O–H groups in total. The molecule has 1 aromatic carbocycles. The highest BCUT2D eigenvalue weighted by Crippen LogP contribution is 2.29. The van der Waals surface area contributed by atoms with Crippen molar-refractivity contribution >= 4 is 22.4 Å². The molecule has 1 saturated heterocycles. The van der Waals surface area contributed by atoms with Crippen LogP contribution < -0.4 is 5.32 Å². The van der Waals surface area contributed by atoms with Gasteiger partial charge in [-0.05, 0) is 62.4 Å². The zero-order valence-corrected chi connectivity index (χ0v) is 14.0.